The Morgan fingerprint density at radius 2 is 2.14 bits per heavy atom. The van der Waals surface area contributed by atoms with Crippen LogP contribution in [0.25, 0.3) is 0 Å². The van der Waals surface area contributed by atoms with Crippen LogP contribution in [-0.4, -0.2) is 55.6 Å². The van der Waals surface area contributed by atoms with E-state index >= 15 is 0 Å². The van der Waals surface area contributed by atoms with Gasteiger partial charge < -0.3 is 4.90 Å². The molecule has 2 aromatic rings. The van der Waals surface area contributed by atoms with Crippen LogP contribution in [0.1, 0.15) is 36.5 Å². The first-order chi connectivity index (χ1) is 13.8. The highest BCUT2D eigenvalue weighted by molar-refractivity contribution is 7.91. The molecule has 1 unspecified atom stereocenters. The highest BCUT2D eigenvalue weighted by Crippen LogP contribution is 2.22. The minimum absolute atomic E-state index is 0.0950. The first kappa shape index (κ1) is 22.1. The average Bonchev–Trinajstić information content (AvgIpc) is 3.15. The normalized spacial score (nSPS) is 17.9. The van der Waals surface area contributed by atoms with Gasteiger partial charge in [-0.3, -0.25) is 10.1 Å². The largest absolute Gasteiger partial charge is 0.303 e. The Labute approximate surface area is 179 Å². The van der Waals surface area contributed by atoms with Gasteiger partial charge in [0.2, 0.25) is 9.47 Å². The van der Waals surface area contributed by atoms with Crippen molar-refractivity contribution in [1.82, 2.24) is 19.8 Å². The Balaban J connectivity index is 1.50. The summed E-state index contributed by atoms with van der Waals surface area (Å²) in [5.41, 5.74) is 0.277. The number of sulfonamides is 1. The van der Waals surface area contributed by atoms with Crippen molar-refractivity contribution in [1.29, 1.82) is 0 Å². The monoisotopic (exact) mass is 457 g/mol. The summed E-state index contributed by atoms with van der Waals surface area (Å²) in [7, 11) is -3.76. The fraction of sp³-hybridized carbons (Fsp3) is 0.500. The zero-order valence-electron chi connectivity index (χ0n) is 16.1. The molecule has 1 fully saturated rings. The highest BCUT2D eigenvalue weighted by atomic mass is 35.5. The van der Waals surface area contributed by atoms with Gasteiger partial charge in [-0.15, -0.1) is 10.2 Å². The SMILES string of the molecule is CC1CCCN(CCCNS(=O)(=O)c2nnc(NC(=O)c3ccccc3Cl)s2)C1. The maximum Gasteiger partial charge on any atom is 0.269 e. The Morgan fingerprint density at radius 1 is 1.34 bits per heavy atom. The van der Waals surface area contributed by atoms with E-state index in [1.165, 1.54) is 12.8 Å². The molecule has 1 aromatic carbocycles. The van der Waals surface area contributed by atoms with Gasteiger partial charge in [-0.05, 0) is 50.4 Å². The molecule has 0 radical (unpaired) electrons. The Morgan fingerprint density at radius 3 is 2.90 bits per heavy atom. The Hall–Kier alpha value is -1.59. The van der Waals surface area contributed by atoms with Crippen LogP contribution in [0.4, 0.5) is 5.13 Å². The first-order valence-electron chi connectivity index (χ1n) is 9.46. The predicted molar refractivity (Wildman–Crippen MR) is 114 cm³/mol. The van der Waals surface area contributed by atoms with Gasteiger partial charge in [0.15, 0.2) is 0 Å². The zero-order valence-corrected chi connectivity index (χ0v) is 18.5. The molecule has 0 aliphatic carbocycles. The molecule has 1 amide bonds. The summed E-state index contributed by atoms with van der Waals surface area (Å²) in [4.78, 5) is 14.6. The summed E-state index contributed by atoms with van der Waals surface area (Å²) in [6.07, 6.45) is 3.18. The maximum atomic E-state index is 12.4. The smallest absolute Gasteiger partial charge is 0.269 e. The predicted octanol–water partition coefficient (Wildman–Crippen LogP) is 2.84. The molecule has 1 saturated heterocycles. The third-order valence-electron chi connectivity index (χ3n) is 4.66. The second-order valence-corrected chi connectivity index (χ2v) is 10.4. The van der Waals surface area contributed by atoms with E-state index in [1.807, 2.05) is 0 Å². The third kappa shape index (κ3) is 6.19. The molecule has 1 atom stereocenters. The Kier molecular flexibility index (Phi) is 7.58. The number of nitrogens with one attached hydrogen (secondary N) is 2. The quantitative estimate of drug-likeness (QED) is 0.466. The highest BCUT2D eigenvalue weighted by Gasteiger charge is 2.22. The van der Waals surface area contributed by atoms with Crippen LogP contribution in [0, 0.1) is 5.92 Å². The standard InChI is InChI=1S/C18H24ClN5O3S2/c1-13-6-4-10-24(12-13)11-5-9-20-29(26,27)18-23-22-17(28-18)21-16(25)14-7-2-3-8-15(14)19/h2-3,7-8,13,20H,4-6,9-12H2,1H3,(H,21,22,25). The van der Waals surface area contributed by atoms with E-state index in [1.54, 1.807) is 24.3 Å². The van der Waals surface area contributed by atoms with Crippen molar-refractivity contribution >= 4 is 44.0 Å². The average molecular weight is 458 g/mol. The molecule has 11 heteroatoms. The van der Waals surface area contributed by atoms with Crippen LogP contribution < -0.4 is 10.0 Å². The van der Waals surface area contributed by atoms with Crippen molar-refractivity contribution in [3.63, 3.8) is 0 Å². The third-order valence-corrected chi connectivity index (χ3v) is 7.66. The minimum Gasteiger partial charge on any atom is -0.303 e. The van der Waals surface area contributed by atoms with Gasteiger partial charge >= 0.3 is 0 Å². The number of carbonyl (C=O) groups is 1. The lowest BCUT2D eigenvalue weighted by Crippen LogP contribution is -2.36. The van der Waals surface area contributed by atoms with Crippen molar-refractivity contribution in [3.8, 4) is 0 Å². The lowest BCUT2D eigenvalue weighted by atomic mass is 10.0. The molecule has 29 heavy (non-hydrogen) atoms. The second kappa shape index (κ2) is 9.94. The van der Waals surface area contributed by atoms with Gasteiger partial charge in [-0.2, -0.15) is 0 Å². The van der Waals surface area contributed by atoms with E-state index in [4.69, 9.17) is 11.6 Å². The molecule has 158 valence electrons. The number of nitrogens with zero attached hydrogens (tertiary/aromatic N) is 3. The molecule has 1 aliphatic rings. The van der Waals surface area contributed by atoms with Gasteiger partial charge in [0.1, 0.15) is 0 Å². The number of hydrogen-bond donors (Lipinski definition) is 2. The number of anilines is 1. The lowest BCUT2D eigenvalue weighted by Gasteiger charge is -2.30. The molecule has 3 rings (SSSR count). The van der Waals surface area contributed by atoms with E-state index in [-0.39, 0.29) is 15.0 Å². The van der Waals surface area contributed by atoms with Crippen molar-refractivity contribution < 1.29 is 13.2 Å². The van der Waals surface area contributed by atoms with Gasteiger partial charge in [-0.1, -0.05) is 42.0 Å². The molecular weight excluding hydrogens is 434 g/mol. The number of aromatic nitrogens is 2. The van der Waals surface area contributed by atoms with E-state index in [0.717, 1.165) is 37.4 Å². The summed E-state index contributed by atoms with van der Waals surface area (Å²) in [6.45, 7) is 5.57. The van der Waals surface area contributed by atoms with Crippen LogP contribution in [0.3, 0.4) is 0 Å². The number of benzene rings is 1. The molecule has 2 heterocycles. The van der Waals surface area contributed by atoms with Gasteiger partial charge in [0.05, 0.1) is 10.6 Å². The van der Waals surface area contributed by atoms with Crippen LogP contribution in [-0.2, 0) is 10.0 Å². The number of rotatable bonds is 8. The van der Waals surface area contributed by atoms with Gasteiger partial charge in [0, 0.05) is 13.1 Å². The van der Waals surface area contributed by atoms with Gasteiger partial charge in [-0.25, -0.2) is 13.1 Å². The summed E-state index contributed by atoms with van der Waals surface area (Å²) in [6, 6.07) is 6.57. The second-order valence-electron chi connectivity index (χ2n) is 7.11. The maximum absolute atomic E-state index is 12.4. The van der Waals surface area contributed by atoms with E-state index < -0.39 is 15.9 Å². The van der Waals surface area contributed by atoms with E-state index in [2.05, 4.69) is 32.1 Å². The van der Waals surface area contributed by atoms with Crippen molar-refractivity contribution in [2.24, 2.45) is 5.92 Å². The van der Waals surface area contributed by atoms with Crippen molar-refractivity contribution in [3.05, 3.63) is 34.9 Å². The van der Waals surface area contributed by atoms with Gasteiger partial charge in [0.25, 0.3) is 15.9 Å². The lowest BCUT2D eigenvalue weighted by molar-refractivity contribution is 0.102. The zero-order chi connectivity index (χ0) is 20.9. The molecule has 0 bridgehead atoms. The molecular formula is C18H24ClN5O3S2. The summed E-state index contributed by atoms with van der Waals surface area (Å²) in [5.74, 6) is 0.223. The summed E-state index contributed by atoms with van der Waals surface area (Å²) in [5, 5.41) is 10.4. The number of carbonyl (C=O) groups excluding carboxylic acids is 1. The minimum atomic E-state index is -3.76. The van der Waals surface area contributed by atoms with Crippen molar-refractivity contribution in [2.45, 2.75) is 30.5 Å². The molecule has 1 aliphatic heterocycles. The molecule has 0 spiro atoms. The number of amides is 1. The van der Waals surface area contributed by atoms with E-state index in [9.17, 15) is 13.2 Å². The van der Waals surface area contributed by atoms with Crippen LogP contribution >= 0.6 is 22.9 Å². The molecule has 1 aromatic heterocycles. The molecule has 0 saturated carbocycles. The van der Waals surface area contributed by atoms with Crippen LogP contribution in [0.2, 0.25) is 5.02 Å². The molecule has 8 nitrogen and oxygen atoms in total. The fourth-order valence-electron chi connectivity index (χ4n) is 3.24. The topological polar surface area (TPSA) is 104 Å². The number of hydrogen-bond acceptors (Lipinski definition) is 7. The fourth-order valence-corrected chi connectivity index (χ4v) is 5.47. The summed E-state index contributed by atoms with van der Waals surface area (Å²) < 4.78 is 27.2. The number of likely N-dealkylation sites (tertiary alicyclic amines) is 1. The Bertz CT molecular complexity index is 950. The number of halogens is 1. The van der Waals surface area contributed by atoms with Crippen molar-refractivity contribution in [2.75, 3.05) is 31.5 Å². The summed E-state index contributed by atoms with van der Waals surface area (Å²) >= 11 is 6.79. The first-order valence-corrected chi connectivity index (χ1v) is 12.1. The van der Waals surface area contributed by atoms with E-state index in [0.29, 0.717) is 17.5 Å². The molecule has 2 N–H and O–H groups in total. The van der Waals surface area contributed by atoms with Crippen LogP contribution in [0.5, 0.6) is 0 Å². The van der Waals surface area contributed by atoms with Crippen LogP contribution in [0.15, 0.2) is 28.6 Å². The number of piperidine rings is 1.